The van der Waals surface area contributed by atoms with Gasteiger partial charge >= 0.3 is 6.09 Å². The fourth-order valence-corrected chi connectivity index (χ4v) is 3.67. The Bertz CT molecular complexity index is 827. The molecule has 1 N–H and O–H groups in total. The van der Waals surface area contributed by atoms with Crippen molar-refractivity contribution in [3.05, 3.63) is 35.9 Å². The van der Waals surface area contributed by atoms with E-state index in [1.807, 2.05) is 33.7 Å². The summed E-state index contributed by atoms with van der Waals surface area (Å²) in [7, 11) is 1.53. The average Bonchev–Trinajstić information content (AvgIpc) is 3.46. The second-order valence-corrected chi connectivity index (χ2v) is 7.05. The summed E-state index contributed by atoms with van der Waals surface area (Å²) in [5.41, 5.74) is 1.37. The number of pyridine rings is 1. The first kappa shape index (κ1) is 16.9. The molecular formula is C19H24N4O3. The van der Waals surface area contributed by atoms with E-state index in [0.29, 0.717) is 18.2 Å². The van der Waals surface area contributed by atoms with Crippen molar-refractivity contribution in [2.75, 3.05) is 20.2 Å². The van der Waals surface area contributed by atoms with Gasteiger partial charge in [0, 0.05) is 25.7 Å². The molecular weight excluding hydrogens is 332 g/mol. The Morgan fingerprint density at radius 1 is 1.27 bits per heavy atom. The van der Waals surface area contributed by atoms with Crippen LogP contribution < -0.4 is 5.32 Å². The predicted molar refractivity (Wildman–Crippen MR) is 96.3 cm³/mol. The van der Waals surface area contributed by atoms with E-state index in [1.54, 1.807) is 0 Å². The van der Waals surface area contributed by atoms with Crippen molar-refractivity contribution >= 4 is 17.5 Å². The first-order valence-corrected chi connectivity index (χ1v) is 9.31. The molecule has 1 saturated carbocycles. The predicted octanol–water partition coefficient (Wildman–Crippen LogP) is 2.56. The fraction of sp³-hybridized carbons (Fsp3) is 0.526. The smallest absolute Gasteiger partial charge is 0.406 e. The molecule has 1 atom stereocenters. The Hall–Kier alpha value is -2.57. The molecule has 0 spiro atoms. The van der Waals surface area contributed by atoms with E-state index >= 15 is 0 Å². The number of carbonyl (C=O) groups excluding carboxylic acids is 2. The zero-order valence-corrected chi connectivity index (χ0v) is 15.0. The Morgan fingerprint density at radius 2 is 2.12 bits per heavy atom. The van der Waals surface area contributed by atoms with Gasteiger partial charge in [0.15, 0.2) is 5.69 Å². The molecule has 1 aliphatic heterocycles. The number of fused-ring (bicyclic) bond motifs is 1. The van der Waals surface area contributed by atoms with Gasteiger partial charge in [-0.05, 0) is 44.2 Å². The number of imidazole rings is 1. The van der Waals surface area contributed by atoms with Crippen LogP contribution in [0.1, 0.15) is 54.3 Å². The van der Waals surface area contributed by atoms with Crippen LogP contribution in [0.2, 0.25) is 0 Å². The summed E-state index contributed by atoms with van der Waals surface area (Å²) in [5.74, 6) is 1.38. The summed E-state index contributed by atoms with van der Waals surface area (Å²) in [6.45, 7) is 0.887. The highest BCUT2D eigenvalue weighted by molar-refractivity contribution is 5.99. The number of likely N-dealkylation sites (tertiary alicyclic amines) is 1. The maximum absolute atomic E-state index is 13.3. The molecule has 1 unspecified atom stereocenters. The lowest BCUT2D eigenvalue weighted by Crippen LogP contribution is -2.47. The van der Waals surface area contributed by atoms with Crippen molar-refractivity contribution in [1.29, 1.82) is 0 Å². The second kappa shape index (κ2) is 6.97. The van der Waals surface area contributed by atoms with Crippen molar-refractivity contribution in [3.63, 3.8) is 0 Å². The molecule has 0 radical (unpaired) electrons. The molecule has 7 heteroatoms. The van der Waals surface area contributed by atoms with Gasteiger partial charge in [-0.1, -0.05) is 6.07 Å². The lowest BCUT2D eigenvalue weighted by Gasteiger charge is -2.34. The van der Waals surface area contributed by atoms with E-state index in [-0.39, 0.29) is 18.6 Å². The van der Waals surface area contributed by atoms with E-state index in [9.17, 15) is 9.59 Å². The van der Waals surface area contributed by atoms with E-state index in [1.165, 1.54) is 7.05 Å². The topological polar surface area (TPSA) is 75.9 Å². The molecule has 26 heavy (non-hydrogen) atoms. The van der Waals surface area contributed by atoms with E-state index in [4.69, 9.17) is 9.72 Å². The van der Waals surface area contributed by atoms with Gasteiger partial charge in [0.05, 0.1) is 11.6 Å². The van der Waals surface area contributed by atoms with Crippen molar-refractivity contribution in [2.45, 2.75) is 44.1 Å². The number of aromatic nitrogens is 2. The standard InChI is InChI=1S/C19H24N4O3/c1-20-19(25)26-12-14-6-2-4-10-22(14)18(24)16-15-7-3-5-11-23(15)17(21-16)13-8-9-13/h3,5,7,11,13-14H,2,4,6,8-10,12H2,1H3,(H,20,25). The molecule has 2 aromatic heterocycles. The summed E-state index contributed by atoms with van der Waals surface area (Å²) in [6, 6.07) is 5.76. The van der Waals surface area contributed by atoms with Crippen LogP contribution >= 0.6 is 0 Å². The highest BCUT2D eigenvalue weighted by Gasteiger charge is 2.34. The number of nitrogens with one attached hydrogen (secondary N) is 1. The summed E-state index contributed by atoms with van der Waals surface area (Å²) in [5, 5.41) is 2.45. The first-order valence-electron chi connectivity index (χ1n) is 9.31. The van der Waals surface area contributed by atoms with Gasteiger partial charge in [0.2, 0.25) is 0 Å². The minimum atomic E-state index is -0.466. The van der Waals surface area contributed by atoms with Gasteiger partial charge in [-0.25, -0.2) is 9.78 Å². The van der Waals surface area contributed by atoms with Crippen LogP contribution in [0.5, 0.6) is 0 Å². The van der Waals surface area contributed by atoms with E-state index < -0.39 is 6.09 Å². The summed E-state index contributed by atoms with van der Waals surface area (Å²) >= 11 is 0. The van der Waals surface area contributed by atoms with E-state index in [0.717, 1.165) is 43.4 Å². The van der Waals surface area contributed by atoms with Crippen LogP contribution in [0.3, 0.4) is 0 Å². The fourth-order valence-electron chi connectivity index (χ4n) is 3.67. The number of rotatable bonds is 4. The van der Waals surface area contributed by atoms with Crippen LogP contribution in [-0.4, -0.2) is 52.5 Å². The molecule has 2 aliphatic rings. The maximum Gasteiger partial charge on any atom is 0.406 e. The highest BCUT2D eigenvalue weighted by Crippen LogP contribution is 2.40. The third kappa shape index (κ3) is 3.13. The normalized spacial score (nSPS) is 20.2. The molecule has 0 bridgehead atoms. The number of hydrogen-bond acceptors (Lipinski definition) is 4. The van der Waals surface area contributed by atoms with Gasteiger partial charge in [0.25, 0.3) is 5.91 Å². The van der Waals surface area contributed by atoms with Crippen LogP contribution in [0.4, 0.5) is 4.79 Å². The summed E-state index contributed by atoms with van der Waals surface area (Å²) in [6.07, 6.45) is 6.61. The van der Waals surface area contributed by atoms with Gasteiger partial charge in [-0.2, -0.15) is 0 Å². The van der Waals surface area contributed by atoms with Gasteiger partial charge in [-0.15, -0.1) is 0 Å². The van der Waals surface area contributed by atoms with Crippen molar-refractivity contribution in [2.24, 2.45) is 0 Å². The number of ether oxygens (including phenoxy) is 1. The first-order chi connectivity index (χ1) is 12.7. The average molecular weight is 356 g/mol. The molecule has 2 amide bonds. The Kier molecular flexibility index (Phi) is 4.53. The number of hydrogen-bond donors (Lipinski definition) is 1. The molecule has 3 heterocycles. The Balaban J connectivity index is 1.61. The number of nitrogens with zero attached hydrogens (tertiary/aromatic N) is 3. The van der Waals surface area contributed by atoms with Crippen molar-refractivity contribution in [1.82, 2.24) is 19.6 Å². The maximum atomic E-state index is 13.3. The quantitative estimate of drug-likeness (QED) is 0.913. The Labute approximate surface area is 152 Å². The van der Waals surface area contributed by atoms with Crippen LogP contribution in [0.25, 0.3) is 5.52 Å². The molecule has 7 nitrogen and oxygen atoms in total. The molecule has 2 fully saturated rings. The molecule has 1 saturated heterocycles. The zero-order chi connectivity index (χ0) is 18.1. The molecule has 4 rings (SSSR count). The lowest BCUT2D eigenvalue weighted by molar-refractivity contribution is 0.0449. The minimum Gasteiger partial charge on any atom is -0.447 e. The van der Waals surface area contributed by atoms with E-state index in [2.05, 4.69) is 5.32 Å². The van der Waals surface area contributed by atoms with Crippen molar-refractivity contribution < 1.29 is 14.3 Å². The molecule has 0 aromatic carbocycles. The largest absolute Gasteiger partial charge is 0.447 e. The number of carbonyl (C=O) groups is 2. The molecule has 138 valence electrons. The number of piperidine rings is 1. The van der Waals surface area contributed by atoms with Gasteiger partial charge < -0.3 is 19.4 Å². The molecule has 1 aliphatic carbocycles. The number of alkyl carbamates (subject to hydrolysis) is 1. The monoisotopic (exact) mass is 356 g/mol. The van der Waals surface area contributed by atoms with Gasteiger partial charge in [0.1, 0.15) is 12.4 Å². The highest BCUT2D eigenvalue weighted by atomic mass is 16.5. The third-order valence-electron chi connectivity index (χ3n) is 5.22. The summed E-state index contributed by atoms with van der Waals surface area (Å²) < 4.78 is 7.26. The van der Waals surface area contributed by atoms with Gasteiger partial charge in [-0.3, -0.25) is 4.79 Å². The van der Waals surface area contributed by atoms with Crippen LogP contribution in [0, 0.1) is 0 Å². The van der Waals surface area contributed by atoms with Crippen LogP contribution in [0.15, 0.2) is 24.4 Å². The summed E-state index contributed by atoms with van der Waals surface area (Å²) in [4.78, 5) is 31.3. The minimum absolute atomic E-state index is 0.0641. The third-order valence-corrected chi connectivity index (χ3v) is 5.22. The van der Waals surface area contributed by atoms with Crippen molar-refractivity contribution in [3.8, 4) is 0 Å². The Morgan fingerprint density at radius 3 is 2.88 bits per heavy atom. The zero-order valence-electron chi connectivity index (χ0n) is 15.0. The van der Waals surface area contributed by atoms with Crippen LogP contribution in [-0.2, 0) is 4.74 Å². The second-order valence-electron chi connectivity index (χ2n) is 7.05. The number of amides is 2. The lowest BCUT2D eigenvalue weighted by atomic mass is 10.0. The SMILES string of the molecule is CNC(=O)OCC1CCCCN1C(=O)c1nc(C2CC2)n2ccccc12. The molecule has 2 aromatic rings.